The molecule has 0 bridgehead atoms. The zero-order valence-corrected chi connectivity index (χ0v) is 18.2. The van der Waals surface area contributed by atoms with Crippen LogP contribution in [0.5, 0.6) is 0 Å². The molecular weight excluding hydrogens is 428 g/mol. The molecule has 0 aliphatic carbocycles. The maximum Gasteiger partial charge on any atom is 0.325 e. The van der Waals surface area contributed by atoms with E-state index in [2.05, 4.69) is 27.3 Å². The molecule has 0 radical (unpaired) electrons. The van der Waals surface area contributed by atoms with Crippen molar-refractivity contribution in [2.45, 2.75) is 31.5 Å². The van der Waals surface area contributed by atoms with E-state index < -0.39 is 5.54 Å². The lowest BCUT2D eigenvalue weighted by Crippen LogP contribution is -2.58. The number of hydrogen-bond acceptors (Lipinski definition) is 5. The summed E-state index contributed by atoms with van der Waals surface area (Å²) < 4.78 is 5.56. The van der Waals surface area contributed by atoms with Crippen LogP contribution in [0.2, 0.25) is 5.02 Å². The Balaban J connectivity index is 1.29. The van der Waals surface area contributed by atoms with E-state index in [4.69, 9.17) is 16.0 Å². The van der Waals surface area contributed by atoms with Crippen molar-refractivity contribution in [2.24, 2.45) is 0 Å². The first-order chi connectivity index (χ1) is 15.5. The lowest BCUT2D eigenvalue weighted by molar-refractivity contribution is -0.133. The highest BCUT2D eigenvalue weighted by molar-refractivity contribution is 6.30. The molecule has 2 aliphatic heterocycles. The summed E-state index contributed by atoms with van der Waals surface area (Å²) in [6.07, 6.45) is 2.96. The van der Waals surface area contributed by atoms with Gasteiger partial charge in [-0.2, -0.15) is 0 Å². The number of likely N-dealkylation sites (tertiary alicyclic amines) is 1. The molecule has 1 aromatic heterocycles. The van der Waals surface area contributed by atoms with E-state index in [0.717, 1.165) is 25.1 Å². The molecule has 3 amide bonds. The smallest absolute Gasteiger partial charge is 0.325 e. The number of aromatic nitrogens is 1. The molecule has 5 rings (SSSR count). The molecule has 1 N–H and O–H groups in total. The number of halogens is 1. The number of amides is 3. The average molecular weight is 451 g/mol. The summed E-state index contributed by atoms with van der Waals surface area (Å²) >= 11 is 5.93. The number of nitrogens with zero attached hydrogens (tertiary/aromatic N) is 3. The molecule has 2 aromatic carbocycles. The van der Waals surface area contributed by atoms with Gasteiger partial charge in [-0.25, -0.2) is 9.78 Å². The van der Waals surface area contributed by atoms with E-state index in [9.17, 15) is 9.59 Å². The molecule has 164 valence electrons. The monoisotopic (exact) mass is 450 g/mol. The van der Waals surface area contributed by atoms with Gasteiger partial charge in [-0.3, -0.25) is 14.6 Å². The fourth-order valence-electron chi connectivity index (χ4n) is 4.48. The van der Waals surface area contributed by atoms with Crippen molar-refractivity contribution in [1.29, 1.82) is 0 Å². The van der Waals surface area contributed by atoms with Crippen LogP contribution in [-0.2, 0) is 17.9 Å². The maximum absolute atomic E-state index is 13.4. The summed E-state index contributed by atoms with van der Waals surface area (Å²) in [4.78, 5) is 34.0. The molecule has 8 heteroatoms. The molecular formula is C24H23ClN4O3. The first-order valence-electron chi connectivity index (χ1n) is 10.6. The van der Waals surface area contributed by atoms with Crippen LogP contribution in [0, 0.1) is 0 Å². The first kappa shape index (κ1) is 20.7. The Labute approximate surface area is 191 Å². The summed E-state index contributed by atoms with van der Waals surface area (Å²) in [7, 11) is 0. The van der Waals surface area contributed by atoms with Crippen molar-refractivity contribution >= 4 is 23.5 Å². The number of oxazole rings is 1. The molecule has 32 heavy (non-hydrogen) atoms. The second-order valence-corrected chi connectivity index (χ2v) is 8.79. The Morgan fingerprint density at radius 3 is 2.62 bits per heavy atom. The molecule has 2 aliphatic rings. The predicted molar refractivity (Wildman–Crippen MR) is 120 cm³/mol. The van der Waals surface area contributed by atoms with Crippen LogP contribution in [0.4, 0.5) is 4.79 Å². The number of benzene rings is 2. The highest BCUT2D eigenvalue weighted by atomic mass is 35.5. The molecule has 1 spiro atoms. The highest BCUT2D eigenvalue weighted by Gasteiger charge is 2.53. The first-order valence-corrected chi connectivity index (χ1v) is 11.0. The Morgan fingerprint density at radius 2 is 1.84 bits per heavy atom. The third kappa shape index (κ3) is 4.01. The second kappa shape index (κ2) is 8.41. The van der Waals surface area contributed by atoms with Gasteiger partial charge in [0.25, 0.3) is 5.91 Å². The summed E-state index contributed by atoms with van der Waals surface area (Å²) in [6, 6.07) is 16.9. The van der Waals surface area contributed by atoms with Crippen LogP contribution in [0.3, 0.4) is 0 Å². The van der Waals surface area contributed by atoms with Gasteiger partial charge in [-0.15, -0.1) is 0 Å². The largest absolute Gasteiger partial charge is 0.444 e. The maximum atomic E-state index is 13.4. The molecule has 0 saturated carbocycles. The van der Waals surface area contributed by atoms with E-state index in [1.165, 1.54) is 16.7 Å². The Morgan fingerprint density at radius 1 is 1.06 bits per heavy atom. The van der Waals surface area contributed by atoms with Gasteiger partial charge in [0, 0.05) is 23.7 Å². The van der Waals surface area contributed by atoms with Crippen LogP contribution in [-0.4, -0.2) is 45.4 Å². The van der Waals surface area contributed by atoms with Gasteiger partial charge in [0.1, 0.15) is 11.8 Å². The quantitative estimate of drug-likeness (QED) is 0.592. The van der Waals surface area contributed by atoms with Crippen molar-refractivity contribution in [3.05, 3.63) is 77.1 Å². The number of imide groups is 1. The fraction of sp³-hybridized carbons (Fsp3) is 0.292. The summed E-state index contributed by atoms with van der Waals surface area (Å²) in [6.45, 7) is 2.22. The zero-order chi connectivity index (χ0) is 22.1. The second-order valence-electron chi connectivity index (χ2n) is 8.35. The van der Waals surface area contributed by atoms with E-state index in [1.54, 1.807) is 12.1 Å². The third-order valence-electron chi connectivity index (χ3n) is 6.03. The molecule has 3 heterocycles. The van der Waals surface area contributed by atoms with Gasteiger partial charge in [-0.1, -0.05) is 41.9 Å². The predicted octanol–water partition coefficient (Wildman–Crippen LogP) is 4.08. The number of urea groups is 1. The van der Waals surface area contributed by atoms with E-state index in [1.807, 2.05) is 30.3 Å². The van der Waals surface area contributed by atoms with Crippen LogP contribution >= 0.6 is 11.6 Å². The summed E-state index contributed by atoms with van der Waals surface area (Å²) in [5.41, 5.74) is 1.61. The van der Waals surface area contributed by atoms with E-state index in [0.29, 0.717) is 29.6 Å². The summed E-state index contributed by atoms with van der Waals surface area (Å²) in [5.74, 6) is 0.224. The van der Waals surface area contributed by atoms with Gasteiger partial charge in [0.2, 0.25) is 5.89 Å². The van der Waals surface area contributed by atoms with Gasteiger partial charge in [-0.05, 0) is 49.2 Å². The van der Waals surface area contributed by atoms with Gasteiger partial charge >= 0.3 is 6.03 Å². The fourth-order valence-corrected chi connectivity index (χ4v) is 4.61. The molecule has 2 saturated heterocycles. The minimum atomic E-state index is -0.882. The van der Waals surface area contributed by atoms with Gasteiger partial charge in [0.15, 0.2) is 0 Å². The van der Waals surface area contributed by atoms with Crippen LogP contribution in [0.15, 0.2) is 65.3 Å². The highest BCUT2D eigenvalue weighted by Crippen LogP contribution is 2.30. The lowest BCUT2D eigenvalue weighted by atomic mass is 9.88. The number of rotatable bonds is 5. The Hall–Kier alpha value is -3.16. The zero-order valence-electron chi connectivity index (χ0n) is 17.5. The van der Waals surface area contributed by atoms with Crippen molar-refractivity contribution < 1.29 is 14.0 Å². The van der Waals surface area contributed by atoms with Crippen LogP contribution < -0.4 is 5.32 Å². The van der Waals surface area contributed by atoms with Crippen molar-refractivity contribution in [2.75, 3.05) is 13.1 Å². The number of carbonyl (C=O) groups is 2. The standard InChI is InChI=1S/C24H23ClN4O3/c25-19-9-7-18(8-10-19)21-26-20(15-32-21)14-29-22(30)24(27-23(29)31)11-4-12-28(16-24)13-17-5-2-1-3-6-17/h1-3,5-10,15H,4,11-14,16H2,(H,27,31)/t24-/m0/s1. The lowest BCUT2D eigenvalue weighted by Gasteiger charge is -2.38. The number of hydrogen-bond donors (Lipinski definition) is 1. The van der Waals surface area contributed by atoms with Crippen molar-refractivity contribution in [3.63, 3.8) is 0 Å². The Bertz CT molecular complexity index is 1130. The summed E-state index contributed by atoms with van der Waals surface area (Å²) in [5, 5.41) is 3.60. The van der Waals surface area contributed by atoms with Crippen molar-refractivity contribution in [3.8, 4) is 11.5 Å². The molecule has 0 unspecified atom stereocenters. The van der Waals surface area contributed by atoms with Crippen LogP contribution in [0.25, 0.3) is 11.5 Å². The normalized spacial score (nSPS) is 21.3. The van der Waals surface area contributed by atoms with E-state index >= 15 is 0 Å². The van der Waals surface area contributed by atoms with Gasteiger partial charge < -0.3 is 9.73 Å². The number of carbonyl (C=O) groups excluding carboxylic acids is 2. The minimum Gasteiger partial charge on any atom is -0.444 e. The average Bonchev–Trinajstić information content (AvgIpc) is 3.34. The number of piperidine rings is 1. The topological polar surface area (TPSA) is 78.7 Å². The number of nitrogens with one attached hydrogen (secondary N) is 1. The molecule has 3 aromatic rings. The molecule has 2 fully saturated rings. The Kier molecular flexibility index (Phi) is 5.45. The van der Waals surface area contributed by atoms with Crippen LogP contribution in [0.1, 0.15) is 24.1 Å². The van der Waals surface area contributed by atoms with Crippen molar-refractivity contribution in [1.82, 2.24) is 20.1 Å². The minimum absolute atomic E-state index is 0.0716. The molecule has 7 nitrogen and oxygen atoms in total. The van der Waals surface area contributed by atoms with E-state index in [-0.39, 0.29) is 18.5 Å². The van der Waals surface area contributed by atoms with Gasteiger partial charge in [0.05, 0.1) is 12.2 Å². The third-order valence-corrected chi connectivity index (χ3v) is 6.28. The molecule has 1 atom stereocenters. The SMILES string of the molecule is O=C1N[C@]2(CCCN(Cc3ccccc3)C2)C(=O)N1Cc1coc(-c2ccc(Cl)cc2)n1.